The Kier molecular flexibility index (Phi) is 2.87. The number of amides is 1. The minimum Gasteiger partial charge on any atom is -0.272 e. The van der Waals surface area contributed by atoms with Crippen LogP contribution in [0.25, 0.3) is 0 Å². The zero-order valence-electron chi connectivity index (χ0n) is 12.0. The van der Waals surface area contributed by atoms with E-state index in [9.17, 15) is 4.79 Å². The summed E-state index contributed by atoms with van der Waals surface area (Å²) in [5.74, 6) is 0.0925. The van der Waals surface area contributed by atoms with Crippen LogP contribution in [-0.4, -0.2) is 25.0 Å². The predicted octanol–water partition coefficient (Wildman–Crippen LogP) is 2.82. The number of hydrogen-bond donors (Lipinski definition) is 0. The highest BCUT2D eigenvalue weighted by molar-refractivity contribution is 6.09. The fourth-order valence-electron chi connectivity index (χ4n) is 2.97. The molecule has 1 atom stereocenters. The van der Waals surface area contributed by atoms with Crippen molar-refractivity contribution in [1.82, 2.24) is 5.01 Å². The summed E-state index contributed by atoms with van der Waals surface area (Å²) >= 11 is 0. The number of carbonyl (C=O) groups is 1. The van der Waals surface area contributed by atoms with Crippen molar-refractivity contribution in [1.29, 1.82) is 0 Å². The molecule has 0 saturated heterocycles. The van der Waals surface area contributed by atoms with Crippen LogP contribution < -0.4 is 5.01 Å². The SMILES string of the molecule is CN(C)N1C(=O)[C@](C)(c2ccccc2)c2ccccc21. The van der Waals surface area contributed by atoms with Gasteiger partial charge in [0, 0.05) is 14.1 Å². The highest BCUT2D eigenvalue weighted by Gasteiger charge is 2.49. The second-order valence-electron chi connectivity index (χ2n) is 5.47. The lowest BCUT2D eigenvalue weighted by molar-refractivity contribution is -0.123. The first-order chi connectivity index (χ1) is 9.56. The second-order valence-corrected chi connectivity index (χ2v) is 5.47. The first-order valence-corrected chi connectivity index (χ1v) is 6.73. The molecule has 0 unspecified atom stereocenters. The van der Waals surface area contributed by atoms with Crippen LogP contribution in [0.5, 0.6) is 0 Å². The maximum absolute atomic E-state index is 13.0. The molecule has 1 aliphatic rings. The van der Waals surface area contributed by atoms with Crippen molar-refractivity contribution in [3.63, 3.8) is 0 Å². The number of anilines is 1. The summed E-state index contributed by atoms with van der Waals surface area (Å²) in [6.45, 7) is 2.01. The minimum atomic E-state index is -0.623. The Labute approximate surface area is 119 Å². The molecule has 3 nitrogen and oxygen atoms in total. The van der Waals surface area contributed by atoms with Crippen molar-refractivity contribution < 1.29 is 4.79 Å². The van der Waals surface area contributed by atoms with Gasteiger partial charge in [-0.2, -0.15) is 0 Å². The van der Waals surface area contributed by atoms with E-state index in [1.807, 2.05) is 80.6 Å². The van der Waals surface area contributed by atoms with E-state index in [0.717, 1.165) is 16.8 Å². The van der Waals surface area contributed by atoms with E-state index in [2.05, 4.69) is 0 Å². The van der Waals surface area contributed by atoms with Crippen molar-refractivity contribution in [3.8, 4) is 0 Å². The lowest BCUT2D eigenvalue weighted by Gasteiger charge is -2.28. The summed E-state index contributed by atoms with van der Waals surface area (Å²) in [5.41, 5.74) is 2.43. The average molecular weight is 266 g/mol. The summed E-state index contributed by atoms with van der Waals surface area (Å²) in [6, 6.07) is 18.0. The van der Waals surface area contributed by atoms with Crippen LogP contribution in [0, 0.1) is 0 Å². The van der Waals surface area contributed by atoms with Gasteiger partial charge in [-0.3, -0.25) is 4.79 Å². The molecule has 1 aliphatic heterocycles. The number of rotatable bonds is 2. The number of hydrogen-bond acceptors (Lipinski definition) is 2. The Bertz CT molecular complexity index is 651. The van der Waals surface area contributed by atoms with Crippen LogP contribution in [0.15, 0.2) is 54.6 Å². The van der Waals surface area contributed by atoms with Gasteiger partial charge in [0.2, 0.25) is 0 Å². The monoisotopic (exact) mass is 266 g/mol. The van der Waals surface area contributed by atoms with Gasteiger partial charge < -0.3 is 0 Å². The Morgan fingerprint density at radius 1 is 0.950 bits per heavy atom. The third kappa shape index (κ3) is 1.60. The van der Waals surface area contributed by atoms with E-state index >= 15 is 0 Å². The molecule has 102 valence electrons. The maximum atomic E-state index is 13.0. The van der Waals surface area contributed by atoms with Crippen molar-refractivity contribution in [2.24, 2.45) is 0 Å². The van der Waals surface area contributed by atoms with Gasteiger partial charge in [0.15, 0.2) is 0 Å². The van der Waals surface area contributed by atoms with Crippen LogP contribution in [-0.2, 0) is 10.2 Å². The zero-order chi connectivity index (χ0) is 14.3. The lowest BCUT2D eigenvalue weighted by Crippen LogP contribution is -2.45. The Hall–Kier alpha value is -2.13. The van der Waals surface area contributed by atoms with Gasteiger partial charge in [0.1, 0.15) is 5.41 Å². The van der Waals surface area contributed by atoms with Crippen LogP contribution in [0.3, 0.4) is 0 Å². The van der Waals surface area contributed by atoms with E-state index in [-0.39, 0.29) is 5.91 Å². The van der Waals surface area contributed by atoms with E-state index in [0.29, 0.717) is 0 Å². The summed E-state index contributed by atoms with van der Waals surface area (Å²) in [5, 5.41) is 3.59. The zero-order valence-corrected chi connectivity index (χ0v) is 12.0. The molecule has 1 amide bonds. The molecular formula is C17H18N2O. The number of hydrazine groups is 1. The Balaban J connectivity index is 2.25. The first-order valence-electron chi connectivity index (χ1n) is 6.73. The summed E-state index contributed by atoms with van der Waals surface area (Å²) < 4.78 is 0. The fraction of sp³-hybridized carbons (Fsp3) is 0.235. The molecule has 0 bridgehead atoms. The molecule has 20 heavy (non-hydrogen) atoms. The summed E-state index contributed by atoms with van der Waals surface area (Å²) in [7, 11) is 3.79. The second kappa shape index (κ2) is 4.46. The van der Waals surface area contributed by atoms with Crippen molar-refractivity contribution in [2.45, 2.75) is 12.3 Å². The molecular weight excluding hydrogens is 248 g/mol. The van der Waals surface area contributed by atoms with Gasteiger partial charge in [0.05, 0.1) is 5.69 Å². The largest absolute Gasteiger partial charge is 0.272 e. The molecule has 2 aromatic carbocycles. The summed E-state index contributed by atoms with van der Waals surface area (Å²) in [4.78, 5) is 13.0. The molecule has 3 rings (SSSR count). The van der Waals surface area contributed by atoms with Crippen LogP contribution in [0.2, 0.25) is 0 Å². The molecule has 0 N–H and O–H groups in total. The molecule has 0 fully saturated rings. The van der Waals surface area contributed by atoms with E-state index in [1.54, 1.807) is 5.01 Å². The highest BCUT2D eigenvalue weighted by atomic mass is 16.2. The standard InChI is InChI=1S/C17H18N2O/c1-17(13-9-5-4-6-10-13)14-11-7-8-12-15(14)19(16(17)20)18(2)3/h4-12H,1-3H3/t17-/m1/s1. The third-order valence-electron chi connectivity index (χ3n) is 4.04. The third-order valence-corrected chi connectivity index (χ3v) is 4.04. The number of para-hydroxylation sites is 1. The highest BCUT2D eigenvalue weighted by Crippen LogP contribution is 2.45. The molecule has 2 aromatic rings. The maximum Gasteiger partial charge on any atom is 0.256 e. The molecule has 0 aliphatic carbocycles. The lowest BCUT2D eigenvalue weighted by atomic mass is 9.77. The molecule has 0 spiro atoms. The molecule has 0 radical (unpaired) electrons. The number of benzene rings is 2. The molecule has 0 aromatic heterocycles. The van der Waals surface area contributed by atoms with Crippen LogP contribution >= 0.6 is 0 Å². The van der Waals surface area contributed by atoms with Crippen LogP contribution in [0.4, 0.5) is 5.69 Å². The smallest absolute Gasteiger partial charge is 0.256 e. The van der Waals surface area contributed by atoms with Gasteiger partial charge >= 0.3 is 0 Å². The Morgan fingerprint density at radius 2 is 1.55 bits per heavy atom. The van der Waals surface area contributed by atoms with E-state index in [1.165, 1.54) is 0 Å². The number of nitrogens with zero attached hydrogens (tertiary/aromatic N) is 2. The van der Waals surface area contributed by atoms with Gasteiger partial charge in [-0.1, -0.05) is 48.5 Å². The van der Waals surface area contributed by atoms with E-state index in [4.69, 9.17) is 0 Å². The quantitative estimate of drug-likeness (QED) is 0.834. The number of carbonyl (C=O) groups excluding carboxylic acids is 1. The average Bonchev–Trinajstić information content (AvgIpc) is 2.70. The van der Waals surface area contributed by atoms with E-state index < -0.39 is 5.41 Å². The minimum absolute atomic E-state index is 0.0925. The van der Waals surface area contributed by atoms with Gasteiger partial charge in [-0.15, -0.1) is 0 Å². The molecule has 1 heterocycles. The molecule has 0 saturated carbocycles. The van der Waals surface area contributed by atoms with Gasteiger partial charge in [-0.25, -0.2) is 10.0 Å². The number of fused-ring (bicyclic) bond motifs is 1. The van der Waals surface area contributed by atoms with Crippen molar-refractivity contribution in [2.75, 3.05) is 19.1 Å². The van der Waals surface area contributed by atoms with Gasteiger partial charge in [-0.05, 0) is 24.1 Å². The Morgan fingerprint density at radius 3 is 2.20 bits per heavy atom. The van der Waals surface area contributed by atoms with Crippen molar-refractivity contribution in [3.05, 3.63) is 65.7 Å². The van der Waals surface area contributed by atoms with Crippen LogP contribution in [0.1, 0.15) is 18.1 Å². The van der Waals surface area contributed by atoms with Gasteiger partial charge in [0.25, 0.3) is 5.91 Å². The predicted molar refractivity (Wildman–Crippen MR) is 80.5 cm³/mol. The fourth-order valence-corrected chi connectivity index (χ4v) is 2.97. The summed E-state index contributed by atoms with van der Waals surface area (Å²) in [6.07, 6.45) is 0. The first kappa shape index (κ1) is 12.9. The van der Waals surface area contributed by atoms with Crippen molar-refractivity contribution >= 4 is 11.6 Å². The topological polar surface area (TPSA) is 23.6 Å². The normalized spacial score (nSPS) is 21.4. The molecule has 3 heteroatoms.